The summed E-state index contributed by atoms with van der Waals surface area (Å²) in [6.45, 7) is 43.4. The molecule has 0 aliphatic rings. The summed E-state index contributed by atoms with van der Waals surface area (Å²) in [4.78, 5) is 65.6. The molecule has 8 aromatic heterocycles. The van der Waals surface area contributed by atoms with Crippen molar-refractivity contribution in [1.29, 1.82) is 10.7 Å². The van der Waals surface area contributed by atoms with Crippen molar-refractivity contribution in [3.63, 3.8) is 0 Å². The number of pyridine rings is 6. The Balaban J connectivity index is -0.00000123. The predicted octanol–water partition coefficient (Wildman–Crippen LogP) is 17.0. The lowest BCUT2D eigenvalue weighted by molar-refractivity contribution is -0.142. The van der Waals surface area contributed by atoms with Crippen LogP contribution in [0.1, 0.15) is 170 Å². The van der Waals surface area contributed by atoms with Crippen molar-refractivity contribution in [1.82, 2.24) is 59.8 Å². The second kappa shape index (κ2) is 59.6. The Morgan fingerprint density at radius 1 is 0.658 bits per heavy atom. The number of carbonyl (C=O) groups excluding carboxylic acids is 3. The molecule has 0 bridgehead atoms. The van der Waals surface area contributed by atoms with Gasteiger partial charge in [-0.3, -0.25) is 14.9 Å². The topological polar surface area (TPSA) is 405 Å². The van der Waals surface area contributed by atoms with Gasteiger partial charge in [-0.1, -0.05) is 79.3 Å². The number of aryl methyl sites for hydroxylation is 6. The molecule has 0 saturated heterocycles. The molecule has 0 spiro atoms. The Bertz CT molecular complexity index is 4090. The number of nitrogens with one attached hydrogen (secondary N) is 7. The van der Waals surface area contributed by atoms with E-state index in [0.29, 0.717) is 68.1 Å². The average Bonchev–Trinajstić information content (AvgIpc) is 1.69. The van der Waals surface area contributed by atoms with E-state index in [2.05, 4.69) is 149 Å². The number of nitrogens with two attached hydrogens (primary N) is 3. The summed E-state index contributed by atoms with van der Waals surface area (Å²) in [5.74, 6) is 4.72. The van der Waals surface area contributed by atoms with Crippen LogP contribution in [0.25, 0.3) is 29.0 Å². The van der Waals surface area contributed by atoms with E-state index < -0.39 is 13.1 Å². The molecule has 610 valence electrons. The van der Waals surface area contributed by atoms with E-state index in [-0.39, 0.29) is 38.2 Å². The lowest BCUT2D eigenvalue weighted by Crippen LogP contribution is -2.14. The quantitative estimate of drug-likeness (QED) is 0.00495. The lowest BCUT2D eigenvalue weighted by atomic mass is 10.2. The Morgan fingerprint density at radius 2 is 1.05 bits per heavy atom. The number of aromatic amines is 1. The Labute approximate surface area is 692 Å². The molecule has 8 aromatic rings. The summed E-state index contributed by atoms with van der Waals surface area (Å²) >= 11 is 19.5. The molecule has 13 N–H and O–H groups in total. The fourth-order valence-electron chi connectivity index (χ4n) is 8.06. The van der Waals surface area contributed by atoms with Gasteiger partial charge in [0.05, 0.1) is 37.4 Å². The molecule has 8 heterocycles. The van der Waals surface area contributed by atoms with Crippen LogP contribution in [0.5, 0.6) is 0 Å². The highest BCUT2D eigenvalue weighted by atomic mass is 127. The number of H-pyrrole nitrogens is 1. The van der Waals surface area contributed by atoms with Crippen molar-refractivity contribution in [3.8, 4) is 28.8 Å². The monoisotopic (exact) mass is 1720 g/mol. The molecular weight excluding hydrogens is 1610 g/mol. The van der Waals surface area contributed by atoms with Crippen molar-refractivity contribution in [2.24, 2.45) is 17.2 Å². The third kappa shape index (κ3) is 53.4. The number of hydrogen-bond acceptors (Lipinski definition) is 26. The van der Waals surface area contributed by atoms with Crippen molar-refractivity contribution >= 4 is 133 Å². The molecule has 0 fully saturated rings. The number of alkyl halides is 1. The number of aromatic nitrogens is 12. The molecule has 0 unspecified atom stereocenters. The van der Waals surface area contributed by atoms with Crippen LogP contribution in [0, 0.1) is 58.3 Å². The smallest absolute Gasteiger partial charge is 0.332 e. The first-order chi connectivity index (χ1) is 52.0. The first-order valence-corrected chi connectivity index (χ1v) is 38.4. The molecule has 0 atom stereocenters. The predicted molar refractivity (Wildman–Crippen MR) is 472 cm³/mol. The first kappa shape index (κ1) is 104. The molecule has 33 heteroatoms. The zero-order valence-electron chi connectivity index (χ0n) is 68.5. The first-order valence-electron chi connectivity index (χ1n) is 35.5. The summed E-state index contributed by atoms with van der Waals surface area (Å²) in [6, 6.07) is 26.4. The highest BCUT2D eigenvalue weighted by Gasteiger charge is 2.12. The number of carbonyl (C=O) groups is 3. The van der Waals surface area contributed by atoms with Gasteiger partial charge in [0, 0.05) is 117 Å². The molecule has 0 saturated carbocycles. The lowest BCUT2D eigenvalue weighted by Gasteiger charge is -2.11. The summed E-state index contributed by atoms with van der Waals surface area (Å²) in [7, 11) is -1.00. The van der Waals surface area contributed by atoms with Crippen LogP contribution in [0.2, 0.25) is 10.2 Å². The largest absolute Gasteiger partial charge is 0.460 e. The third-order valence-electron chi connectivity index (χ3n) is 11.5. The average molecular weight is 1730 g/mol. The van der Waals surface area contributed by atoms with Crippen molar-refractivity contribution in [3.05, 3.63) is 163 Å². The summed E-state index contributed by atoms with van der Waals surface area (Å²) in [5, 5.41) is 45.3. The minimum absolute atomic E-state index is 0. The molecule has 111 heavy (non-hydrogen) atoms. The Hall–Kier alpha value is -9.17. The number of esters is 2. The highest BCUT2D eigenvalue weighted by molar-refractivity contribution is 14.1. The van der Waals surface area contributed by atoms with Gasteiger partial charge in [-0.2, -0.15) is 10.4 Å². The number of aldehydes is 1. The van der Waals surface area contributed by atoms with Gasteiger partial charge >= 0.3 is 11.9 Å². The molecule has 8 rings (SSSR count). The van der Waals surface area contributed by atoms with Gasteiger partial charge in [-0.15, -0.1) is 16.9 Å². The van der Waals surface area contributed by atoms with Crippen LogP contribution >= 0.6 is 69.8 Å². The number of hydrogen-bond donors (Lipinski definition) is 10. The summed E-state index contributed by atoms with van der Waals surface area (Å²) < 4.78 is 28.4. The van der Waals surface area contributed by atoms with E-state index in [1.54, 1.807) is 48.5 Å². The number of ether oxygens (including phenoxy) is 2. The molecule has 0 aliphatic carbocycles. The number of nitrogens with zero attached hydrogens (tertiary/aromatic N) is 12. The highest BCUT2D eigenvalue weighted by Crippen LogP contribution is 2.22. The SMILES string of the molecule is C.CC(C)N.CC(C)OC(=O)/C=C\I.CSC(=N)c1cc(C)nc(NC(C)C)c1.Cc1cc(-c2ncn(/C=C\C(=O)OC(C)C)n2)cc(NC(C)C)n1.Cc1cc(-c2ncn[nH]2)cc(NC(C)C)n1.Cc1cc(C#N)cc(NC(C)C)n1.Cc1cc(C(N)=S)cc(NC(C)C)n1.Cc1cc(Cl)cc(Cl)n1.NCC=O.[2H]CF. The Morgan fingerprint density at radius 3 is 1.42 bits per heavy atom. The van der Waals surface area contributed by atoms with E-state index in [1.165, 1.54) is 41.1 Å². The van der Waals surface area contributed by atoms with Gasteiger partial charge in [0.1, 0.15) is 58.2 Å². The van der Waals surface area contributed by atoms with Crippen molar-refractivity contribution in [2.75, 3.05) is 46.5 Å². The minimum atomic E-state index is -1.00. The number of rotatable bonds is 20. The van der Waals surface area contributed by atoms with Crippen LogP contribution in [0.15, 0.2) is 102 Å². The van der Waals surface area contributed by atoms with Gasteiger partial charge < -0.3 is 58.1 Å². The number of thiocarbonyl (C=S) groups is 1. The maximum Gasteiger partial charge on any atom is 0.332 e. The number of halogens is 4. The van der Waals surface area contributed by atoms with E-state index in [0.717, 1.165) is 91.3 Å². The van der Waals surface area contributed by atoms with E-state index in [4.69, 9.17) is 73.2 Å². The van der Waals surface area contributed by atoms with E-state index >= 15 is 0 Å². The van der Waals surface area contributed by atoms with Crippen LogP contribution in [-0.4, -0.2) is 157 Å². The van der Waals surface area contributed by atoms with Gasteiger partial charge in [0.15, 0.2) is 11.6 Å². The molecule has 27 nitrogen and oxygen atoms in total. The van der Waals surface area contributed by atoms with Crippen LogP contribution in [0.4, 0.5) is 33.5 Å². The number of anilines is 5. The van der Waals surface area contributed by atoms with Crippen LogP contribution < -0.4 is 43.8 Å². The Kier molecular flexibility index (Phi) is 55.8. The van der Waals surface area contributed by atoms with E-state index in [1.807, 2.05) is 160 Å². The number of nitriles is 1. The van der Waals surface area contributed by atoms with Gasteiger partial charge in [0.2, 0.25) is 0 Å². The molecule has 0 aromatic carbocycles. The molecular formula is C78H118Cl2FIN22O5S2. The van der Waals surface area contributed by atoms with Crippen molar-refractivity contribution < 1.29 is 29.6 Å². The molecule has 0 amide bonds. The maximum absolute atomic E-state index is 11.5. The molecule has 0 aliphatic heterocycles. The van der Waals surface area contributed by atoms with E-state index in [9.17, 15) is 14.0 Å². The zero-order chi connectivity index (χ0) is 85.0. The fourth-order valence-corrected chi connectivity index (χ4v) is 9.39. The van der Waals surface area contributed by atoms with Gasteiger partial charge in [0.25, 0.3) is 0 Å². The van der Waals surface area contributed by atoms with Crippen LogP contribution in [-0.2, 0) is 23.9 Å². The zero-order valence-corrected chi connectivity index (χ0v) is 72.8. The fraction of sp³-hybridized carbons (Fsp3) is 0.436. The summed E-state index contributed by atoms with van der Waals surface area (Å²) in [6.07, 6.45) is 9.66. The maximum atomic E-state index is 11.5. The normalized spacial score (nSPS) is 10.3. The molecule has 0 radical (unpaired) electrons. The standard InChI is InChI=1S/C17H23N5O2.C11H15N5.C11H17N3S.C10H15N3S.C10H13N3.C6H5Cl2N.C6H9IO2.C3H9N.C2H5NO.CH3F.CH4/c1-11(2)19-15-9-14(8-13(5)20-15)17-18-10-22(21-17)7-6-16(23)24-12(3)4;1-7(2)14-10-5-9(4-8(3)15-10)11-12-6-13-16-11;1-7(2)13-10-6-9(11(12)15-4)5-8(3)14-10;1-6(2)12-9-5-8(10(11)14)4-7(3)13-9;1-7(2)12-10-5-9(6-11)4-8(3)13-10;1-4-2-5(7)3-6(8)9-4;1-5(2)9-6(8)3-4-7;1-3(2)4;3-1-2-4;1-2;/h6-12H,1-5H3,(H,19,20);4-7H,1-3H3,(H,14,15)(H,12,13,16);5-7,12H,1-4H3,(H,13,14);4-6H,1-3H3,(H2,11,14)(H,12,13);4-5,7H,1-3H3,(H,12,13);2-3H,1H3;3-5H,1-2H3;3H,4H2,1-2H3;2H,1,3H2;1H3;1H4/b7-6-;;;;;;4-3-;;;;/i;;;;;;;;;1D;. The second-order valence-corrected chi connectivity index (χ2v) is 28.6. The van der Waals surface area contributed by atoms with Gasteiger partial charge in [-0.25, -0.2) is 54.1 Å². The number of thioether (sulfide) groups is 1. The minimum Gasteiger partial charge on any atom is -0.460 e. The van der Waals surface area contributed by atoms with Gasteiger partial charge in [-0.05, 0) is 228 Å². The van der Waals surface area contributed by atoms with Crippen LogP contribution in [0.3, 0.4) is 0 Å². The third-order valence-corrected chi connectivity index (χ3v) is 13.2. The summed E-state index contributed by atoms with van der Waals surface area (Å²) in [5.41, 5.74) is 25.0. The second-order valence-electron chi connectivity index (χ2n) is 25.8. The van der Waals surface area contributed by atoms with Crippen molar-refractivity contribution in [2.45, 2.75) is 208 Å².